The Hall–Kier alpha value is -0.370. The Balaban J connectivity index is 2.39. The van der Waals surface area contributed by atoms with E-state index in [2.05, 4.69) is 13.8 Å². The summed E-state index contributed by atoms with van der Waals surface area (Å²) in [5.74, 6) is 2.86. The standard InChI is InChI=1S/C9H14OS/c1-7(2)6-11-9-5-4-8(3)10-9/h4-5,7H,6H2,1-3H3. The molecule has 1 nitrogen and oxygen atoms in total. The molecule has 0 radical (unpaired) electrons. The third-order valence-corrected chi connectivity index (χ3v) is 2.61. The molecule has 0 amide bonds. The van der Waals surface area contributed by atoms with Crippen molar-refractivity contribution >= 4 is 11.8 Å². The molecule has 1 rings (SSSR count). The van der Waals surface area contributed by atoms with Crippen molar-refractivity contribution in [2.24, 2.45) is 5.92 Å². The zero-order valence-electron chi connectivity index (χ0n) is 7.26. The van der Waals surface area contributed by atoms with Crippen LogP contribution in [0.5, 0.6) is 0 Å². The fourth-order valence-corrected chi connectivity index (χ4v) is 1.59. The second kappa shape index (κ2) is 3.86. The van der Waals surface area contributed by atoms with Gasteiger partial charge in [-0.15, -0.1) is 0 Å². The molecule has 11 heavy (non-hydrogen) atoms. The summed E-state index contributed by atoms with van der Waals surface area (Å²) in [6.45, 7) is 6.39. The van der Waals surface area contributed by atoms with Gasteiger partial charge < -0.3 is 4.42 Å². The van der Waals surface area contributed by atoms with E-state index in [0.29, 0.717) is 0 Å². The molecule has 0 spiro atoms. The van der Waals surface area contributed by atoms with E-state index in [1.165, 1.54) is 0 Å². The van der Waals surface area contributed by atoms with Crippen LogP contribution in [0.3, 0.4) is 0 Å². The van der Waals surface area contributed by atoms with E-state index in [-0.39, 0.29) is 0 Å². The smallest absolute Gasteiger partial charge is 0.160 e. The molecule has 0 aliphatic heterocycles. The number of aryl methyl sites for hydroxylation is 1. The maximum atomic E-state index is 5.40. The normalized spacial score (nSPS) is 10.9. The quantitative estimate of drug-likeness (QED) is 0.645. The van der Waals surface area contributed by atoms with E-state index >= 15 is 0 Å². The van der Waals surface area contributed by atoms with Crippen molar-refractivity contribution in [3.05, 3.63) is 17.9 Å². The summed E-state index contributed by atoms with van der Waals surface area (Å²) in [7, 11) is 0. The predicted molar refractivity (Wildman–Crippen MR) is 49.0 cm³/mol. The maximum Gasteiger partial charge on any atom is 0.160 e. The molecular formula is C9H14OS. The second-order valence-electron chi connectivity index (χ2n) is 3.07. The molecule has 1 aromatic rings. The third kappa shape index (κ3) is 3.02. The average Bonchev–Trinajstić information content (AvgIpc) is 2.31. The molecular weight excluding hydrogens is 156 g/mol. The largest absolute Gasteiger partial charge is 0.455 e. The number of hydrogen-bond acceptors (Lipinski definition) is 2. The van der Waals surface area contributed by atoms with Crippen molar-refractivity contribution in [3.8, 4) is 0 Å². The number of hydrogen-bond donors (Lipinski definition) is 0. The topological polar surface area (TPSA) is 13.1 Å². The fraction of sp³-hybridized carbons (Fsp3) is 0.556. The van der Waals surface area contributed by atoms with Crippen molar-refractivity contribution in [2.45, 2.75) is 25.9 Å². The Labute approximate surface area is 72.2 Å². The van der Waals surface area contributed by atoms with Gasteiger partial charge in [0.25, 0.3) is 0 Å². The van der Waals surface area contributed by atoms with Crippen molar-refractivity contribution in [3.63, 3.8) is 0 Å². The first-order valence-corrected chi connectivity index (χ1v) is 4.86. The van der Waals surface area contributed by atoms with Gasteiger partial charge in [0.05, 0.1) is 0 Å². The molecule has 0 saturated heterocycles. The summed E-state index contributed by atoms with van der Waals surface area (Å²) in [6, 6.07) is 4.03. The van der Waals surface area contributed by atoms with Gasteiger partial charge in [-0.2, -0.15) is 0 Å². The van der Waals surface area contributed by atoms with Gasteiger partial charge in [-0.1, -0.05) is 25.6 Å². The van der Waals surface area contributed by atoms with Crippen LogP contribution in [0.15, 0.2) is 21.6 Å². The van der Waals surface area contributed by atoms with Gasteiger partial charge in [0, 0.05) is 5.75 Å². The van der Waals surface area contributed by atoms with Crippen LogP contribution in [0.2, 0.25) is 0 Å². The van der Waals surface area contributed by atoms with E-state index < -0.39 is 0 Å². The highest BCUT2D eigenvalue weighted by molar-refractivity contribution is 7.99. The minimum Gasteiger partial charge on any atom is -0.455 e. The minimum absolute atomic E-state index is 0.727. The molecule has 0 saturated carbocycles. The Bertz CT molecular complexity index is 215. The lowest BCUT2D eigenvalue weighted by atomic mass is 10.3. The lowest BCUT2D eigenvalue weighted by Gasteiger charge is -1.99. The molecule has 0 unspecified atom stereocenters. The van der Waals surface area contributed by atoms with Crippen molar-refractivity contribution in [1.29, 1.82) is 0 Å². The molecule has 1 heterocycles. The molecule has 0 N–H and O–H groups in total. The SMILES string of the molecule is Cc1ccc(SCC(C)C)o1. The summed E-state index contributed by atoms with van der Waals surface area (Å²) < 4.78 is 5.40. The Morgan fingerprint density at radius 3 is 2.64 bits per heavy atom. The number of rotatable bonds is 3. The summed E-state index contributed by atoms with van der Waals surface area (Å²) in [4.78, 5) is 0. The number of thioether (sulfide) groups is 1. The zero-order chi connectivity index (χ0) is 8.27. The summed E-state index contributed by atoms with van der Waals surface area (Å²) in [5.41, 5.74) is 0. The lowest BCUT2D eigenvalue weighted by molar-refractivity contribution is 0.448. The molecule has 0 bridgehead atoms. The fourth-order valence-electron chi connectivity index (χ4n) is 0.738. The van der Waals surface area contributed by atoms with Gasteiger partial charge in [-0.05, 0) is 25.0 Å². The first-order valence-electron chi connectivity index (χ1n) is 3.87. The third-order valence-electron chi connectivity index (χ3n) is 1.27. The Morgan fingerprint density at radius 2 is 2.18 bits per heavy atom. The molecule has 0 aromatic carbocycles. The first-order chi connectivity index (χ1) is 5.18. The zero-order valence-corrected chi connectivity index (χ0v) is 8.07. The lowest BCUT2D eigenvalue weighted by Crippen LogP contribution is -1.88. The monoisotopic (exact) mass is 170 g/mol. The second-order valence-corrected chi connectivity index (χ2v) is 4.09. The van der Waals surface area contributed by atoms with E-state index in [4.69, 9.17) is 4.42 Å². The number of furan rings is 1. The Morgan fingerprint density at radius 1 is 1.45 bits per heavy atom. The van der Waals surface area contributed by atoms with Crippen LogP contribution in [0.4, 0.5) is 0 Å². The van der Waals surface area contributed by atoms with Crippen molar-refractivity contribution in [2.75, 3.05) is 5.75 Å². The van der Waals surface area contributed by atoms with Crippen LogP contribution in [0, 0.1) is 12.8 Å². The summed E-state index contributed by atoms with van der Waals surface area (Å²) in [5, 5.41) is 1.04. The molecule has 1 aromatic heterocycles. The van der Waals surface area contributed by atoms with Crippen molar-refractivity contribution < 1.29 is 4.42 Å². The van der Waals surface area contributed by atoms with Crippen LogP contribution < -0.4 is 0 Å². The highest BCUT2D eigenvalue weighted by Gasteiger charge is 2.00. The summed E-state index contributed by atoms with van der Waals surface area (Å²) >= 11 is 1.78. The molecule has 0 aliphatic carbocycles. The van der Waals surface area contributed by atoms with Crippen LogP contribution in [-0.2, 0) is 0 Å². The molecule has 62 valence electrons. The highest BCUT2D eigenvalue weighted by atomic mass is 32.2. The van der Waals surface area contributed by atoms with Gasteiger partial charge in [0.15, 0.2) is 5.09 Å². The Kier molecular flexibility index (Phi) is 3.06. The van der Waals surface area contributed by atoms with E-state index in [1.807, 2.05) is 19.1 Å². The van der Waals surface area contributed by atoms with Gasteiger partial charge in [-0.3, -0.25) is 0 Å². The van der Waals surface area contributed by atoms with Gasteiger partial charge in [0.1, 0.15) is 5.76 Å². The van der Waals surface area contributed by atoms with Crippen molar-refractivity contribution in [1.82, 2.24) is 0 Å². The van der Waals surface area contributed by atoms with Gasteiger partial charge in [-0.25, -0.2) is 0 Å². The van der Waals surface area contributed by atoms with Crippen LogP contribution in [0.25, 0.3) is 0 Å². The van der Waals surface area contributed by atoms with Crippen LogP contribution >= 0.6 is 11.8 Å². The highest BCUT2D eigenvalue weighted by Crippen LogP contribution is 2.22. The molecule has 2 heteroatoms. The van der Waals surface area contributed by atoms with Gasteiger partial charge in [0.2, 0.25) is 0 Å². The summed E-state index contributed by atoms with van der Waals surface area (Å²) in [6.07, 6.45) is 0. The maximum absolute atomic E-state index is 5.40. The minimum atomic E-state index is 0.727. The van der Waals surface area contributed by atoms with E-state index in [9.17, 15) is 0 Å². The van der Waals surface area contributed by atoms with Gasteiger partial charge >= 0.3 is 0 Å². The van der Waals surface area contributed by atoms with E-state index in [0.717, 1.165) is 22.5 Å². The first kappa shape index (κ1) is 8.72. The molecule has 0 fully saturated rings. The van der Waals surface area contributed by atoms with E-state index in [1.54, 1.807) is 11.8 Å². The average molecular weight is 170 g/mol. The van der Waals surface area contributed by atoms with Crippen LogP contribution in [-0.4, -0.2) is 5.75 Å². The molecule has 0 aliphatic rings. The van der Waals surface area contributed by atoms with Crippen LogP contribution in [0.1, 0.15) is 19.6 Å². The molecule has 0 atom stereocenters. The predicted octanol–water partition coefficient (Wildman–Crippen LogP) is 3.34.